The van der Waals surface area contributed by atoms with E-state index < -0.39 is 12.1 Å². The van der Waals surface area contributed by atoms with Crippen molar-refractivity contribution < 1.29 is 19.0 Å². The van der Waals surface area contributed by atoms with Crippen molar-refractivity contribution in [1.29, 1.82) is 0 Å². The van der Waals surface area contributed by atoms with Crippen molar-refractivity contribution in [1.82, 2.24) is 5.43 Å². The van der Waals surface area contributed by atoms with Gasteiger partial charge in [0.1, 0.15) is 0 Å². The SMILES string of the molecule is CCOC(=O)C(C)Oc1c(Br)cc(C=NNC(N)=S)cc1OC. The van der Waals surface area contributed by atoms with Gasteiger partial charge in [0.25, 0.3) is 0 Å². The predicted octanol–water partition coefficient (Wildman–Crippen LogP) is 1.96. The Balaban J connectivity index is 2.98. The lowest BCUT2D eigenvalue weighted by Crippen LogP contribution is -2.26. The molecule has 0 fully saturated rings. The first-order valence-electron chi connectivity index (χ1n) is 6.68. The van der Waals surface area contributed by atoms with E-state index in [1.807, 2.05) is 0 Å². The second-order valence-electron chi connectivity index (χ2n) is 4.28. The fourth-order valence-electron chi connectivity index (χ4n) is 1.58. The maximum atomic E-state index is 11.7. The molecule has 126 valence electrons. The number of rotatable bonds is 7. The molecule has 1 rings (SSSR count). The van der Waals surface area contributed by atoms with Crippen LogP contribution in [0.1, 0.15) is 19.4 Å². The van der Waals surface area contributed by atoms with Crippen molar-refractivity contribution in [3.05, 3.63) is 22.2 Å². The standard InChI is InChI=1S/C14H18BrN3O4S/c1-4-21-13(19)8(2)22-12-10(15)5-9(6-11(12)20-3)7-17-18-14(16)23/h5-8H,4H2,1-3H3,(H3,16,18,23). The zero-order valence-electron chi connectivity index (χ0n) is 13.0. The lowest BCUT2D eigenvalue weighted by atomic mass is 10.2. The smallest absolute Gasteiger partial charge is 0.347 e. The lowest BCUT2D eigenvalue weighted by Gasteiger charge is -2.17. The summed E-state index contributed by atoms with van der Waals surface area (Å²) in [5.41, 5.74) is 8.46. The Hall–Kier alpha value is -1.87. The first-order valence-corrected chi connectivity index (χ1v) is 7.88. The van der Waals surface area contributed by atoms with Crippen molar-refractivity contribution in [2.24, 2.45) is 10.8 Å². The highest BCUT2D eigenvalue weighted by Crippen LogP contribution is 2.37. The number of carbonyl (C=O) groups is 1. The third kappa shape index (κ3) is 6.03. The summed E-state index contributed by atoms with van der Waals surface area (Å²) in [6, 6.07) is 3.45. The van der Waals surface area contributed by atoms with Gasteiger partial charge in [0.05, 0.1) is 24.4 Å². The number of carbonyl (C=O) groups excluding carboxylic acids is 1. The molecule has 9 heteroatoms. The molecule has 0 heterocycles. The molecular formula is C14H18BrN3O4S. The number of hydrogen-bond acceptors (Lipinski definition) is 6. The summed E-state index contributed by atoms with van der Waals surface area (Å²) >= 11 is 8.04. The van der Waals surface area contributed by atoms with Crippen LogP contribution >= 0.6 is 28.1 Å². The number of esters is 1. The van der Waals surface area contributed by atoms with E-state index in [4.69, 9.17) is 19.9 Å². The van der Waals surface area contributed by atoms with Crippen molar-refractivity contribution in [3.63, 3.8) is 0 Å². The number of nitrogens with zero attached hydrogens (tertiary/aromatic N) is 1. The first-order chi connectivity index (χ1) is 10.9. The topological polar surface area (TPSA) is 95.2 Å². The molecule has 0 aliphatic rings. The molecule has 0 spiro atoms. The Morgan fingerprint density at radius 3 is 2.83 bits per heavy atom. The summed E-state index contributed by atoms with van der Waals surface area (Å²) in [6.45, 7) is 3.62. The number of benzene rings is 1. The highest BCUT2D eigenvalue weighted by atomic mass is 79.9. The van der Waals surface area contributed by atoms with Crippen LogP contribution in [0.25, 0.3) is 0 Å². The molecule has 1 unspecified atom stereocenters. The number of hydrazone groups is 1. The van der Waals surface area contributed by atoms with E-state index in [-0.39, 0.29) is 11.7 Å². The average molecular weight is 404 g/mol. The Bertz CT molecular complexity index is 610. The monoisotopic (exact) mass is 403 g/mol. The summed E-state index contributed by atoms with van der Waals surface area (Å²) in [5, 5.41) is 3.93. The molecule has 0 saturated carbocycles. The largest absolute Gasteiger partial charge is 0.493 e. The van der Waals surface area contributed by atoms with Crippen molar-refractivity contribution >= 4 is 45.4 Å². The molecule has 0 bridgehead atoms. The Morgan fingerprint density at radius 1 is 1.57 bits per heavy atom. The second-order valence-corrected chi connectivity index (χ2v) is 5.57. The maximum Gasteiger partial charge on any atom is 0.347 e. The van der Waals surface area contributed by atoms with Crippen LogP contribution in [0, 0.1) is 0 Å². The van der Waals surface area contributed by atoms with Crippen LogP contribution in [0.3, 0.4) is 0 Å². The van der Waals surface area contributed by atoms with Gasteiger partial charge < -0.3 is 19.9 Å². The molecule has 0 saturated heterocycles. The Labute approximate surface area is 148 Å². The minimum absolute atomic E-state index is 0.0653. The zero-order valence-corrected chi connectivity index (χ0v) is 15.4. The van der Waals surface area contributed by atoms with E-state index in [2.05, 4.69) is 38.7 Å². The molecule has 23 heavy (non-hydrogen) atoms. The summed E-state index contributed by atoms with van der Waals surface area (Å²) in [6.07, 6.45) is 0.751. The third-order valence-electron chi connectivity index (χ3n) is 2.55. The fraction of sp³-hybridized carbons (Fsp3) is 0.357. The summed E-state index contributed by atoms with van der Waals surface area (Å²) < 4.78 is 16.4. The van der Waals surface area contributed by atoms with E-state index >= 15 is 0 Å². The van der Waals surface area contributed by atoms with Gasteiger partial charge >= 0.3 is 5.97 Å². The van der Waals surface area contributed by atoms with Gasteiger partial charge in [-0.1, -0.05) is 0 Å². The summed E-state index contributed by atoms with van der Waals surface area (Å²) in [7, 11) is 1.50. The highest BCUT2D eigenvalue weighted by Gasteiger charge is 2.20. The van der Waals surface area contributed by atoms with Crippen LogP contribution in [-0.4, -0.2) is 37.1 Å². The van der Waals surface area contributed by atoms with Gasteiger partial charge in [0.15, 0.2) is 22.7 Å². The van der Waals surface area contributed by atoms with Crippen molar-refractivity contribution in [3.8, 4) is 11.5 Å². The Kier molecular flexibility index (Phi) is 7.76. The van der Waals surface area contributed by atoms with Gasteiger partial charge in [0, 0.05) is 0 Å². The van der Waals surface area contributed by atoms with Crippen LogP contribution in [0.2, 0.25) is 0 Å². The normalized spacial score (nSPS) is 11.8. The molecule has 1 aromatic rings. The first kappa shape index (κ1) is 19.2. The van der Waals surface area contributed by atoms with Crippen LogP contribution in [0.15, 0.2) is 21.7 Å². The van der Waals surface area contributed by atoms with Gasteiger partial charge in [-0.05, 0) is 59.7 Å². The molecule has 0 aliphatic carbocycles. The number of nitrogens with two attached hydrogens (primary N) is 1. The zero-order chi connectivity index (χ0) is 17.4. The highest BCUT2D eigenvalue weighted by molar-refractivity contribution is 9.10. The van der Waals surface area contributed by atoms with Gasteiger partial charge in [0.2, 0.25) is 0 Å². The average Bonchev–Trinajstić information content (AvgIpc) is 2.49. The quantitative estimate of drug-likeness (QED) is 0.311. The van der Waals surface area contributed by atoms with E-state index in [0.717, 1.165) is 0 Å². The number of nitrogens with one attached hydrogen (secondary N) is 1. The molecule has 0 radical (unpaired) electrons. The molecule has 1 aromatic carbocycles. The number of halogens is 1. The van der Waals surface area contributed by atoms with Crippen LogP contribution in [-0.2, 0) is 9.53 Å². The summed E-state index contributed by atoms with van der Waals surface area (Å²) in [4.78, 5) is 11.7. The van der Waals surface area contributed by atoms with E-state index in [0.29, 0.717) is 21.5 Å². The summed E-state index contributed by atoms with van der Waals surface area (Å²) in [5.74, 6) is 0.382. The van der Waals surface area contributed by atoms with Gasteiger partial charge in [-0.2, -0.15) is 5.10 Å². The lowest BCUT2D eigenvalue weighted by molar-refractivity contribution is -0.150. The van der Waals surface area contributed by atoms with Crippen LogP contribution in [0.4, 0.5) is 0 Å². The molecule has 1 atom stereocenters. The van der Waals surface area contributed by atoms with Gasteiger partial charge in [-0.15, -0.1) is 0 Å². The molecule has 0 aliphatic heterocycles. The van der Waals surface area contributed by atoms with E-state index in [1.165, 1.54) is 13.3 Å². The number of ether oxygens (including phenoxy) is 3. The third-order valence-corrected chi connectivity index (χ3v) is 3.23. The Morgan fingerprint density at radius 2 is 2.26 bits per heavy atom. The fourth-order valence-corrected chi connectivity index (χ4v) is 2.19. The molecule has 0 aromatic heterocycles. The van der Waals surface area contributed by atoms with Gasteiger partial charge in [-0.25, -0.2) is 4.79 Å². The molecular weight excluding hydrogens is 386 g/mol. The number of hydrogen-bond donors (Lipinski definition) is 2. The molecule has 0 amide bonds. The number of methoxy groups -OCH3 is 1. The van der Waals surface area contributed by atoms with Crippen molar-refractivity contribution in [2.75, 3.05) is 13.7 Å². The molecule has 7 nitrogen and oxygen atoms in total. The van der Waals surface area contributed by atoms with E-state index in [1.54, 1.807) is 26.0 Å². The molecule has 3 N–H and O–H groups in total. The minimum Gasteiger partial charge on any atom is -0.493 e. The maximum absolute atomic E-state index is 11.7. The minimum atomic E-state index is -0.768. The van der Waals surface area contributed by atoms with Crippen LogP contribution < -0.4 is 20.6 Å². The number of thiocarbonyl (C=S) groups is 1. The van der Waals surface area contributed by atoms with Gasteiger partial charge in [-0.3, -0.25) is 5.43 Å². The van der Waals surface area contributed by atoms with Crippen LogP contribution in [0.5, 0.6) is 11.5 Å². The second kappa shape index (κ2) is 9.31. The van der Waals surface area contributed by atoms with Crippen molar-refractivity contribution in [2.45, 2.75) is 20.0 Å². The predicted molar refractivity (Wildman–Crippen MR) is 94.9 cm³/mol. The van der Waals surface area contributed by atoms with E-state index in [9.17, 15) is 4.79 Å².